The van der Waals surface area contributed by atoms with Crippen molar-refractivity contribution < 1.29 is 13.2 Å². The molecular formula is C13H15N3O3S2. The van der Waals surface area contributed by atoms with Crippen LogP contribution in [-0.4, -0.2) is 19.3 Å². The van der Waals surface area contributed by atoms with Crippen LogP contribution in [0.25, 0.3) is 0 Å². The largest absolute Gasteiger partial charge is 0.343 e. The van der Waals surface area contributed by atoms with Gasteiger partial charge >= 0.3 is 0 Å². The number of thiazole rings is 1. The number of nitrogens with zero attached hydrogens (tertiary/aromatic N) is 1. The van der Waals surface area contributed by atoms with Gasteiger partial charge in [-0.15, -0.1) is 11.3 Å². The summed E-state index contributed by atoms with van der Waals surface area (Å²) in [6.45, 7) is 3.73. The van der Waals surface area contributed by atoms with Gasteiger partial charge in [-0.3, -0.25) is 4.79 Å². The molecule has 0 bridgehead atoms. The van der Waals surface area contributed by atoms with Crippen LogP contribution in [0, 0.1) is 6.92 Å². The summed E-state index contributed by atoms with van der Waals surface area (Å²) in [5.41, 5.74) is 1.27. The molecule has 2 aromatic rings. The van der Waals surface area contributed by atoms with Gasteiger partial charge in [0.15, 0.2) is 0 Å². The number of hydrogen-bond donors (Lipinski definition) is 2. The lowest BCUT2D eigenvalue weighted by Gasteiger charge is -2.11. The SMILES string of the molecule is Cc1csc([C@H](C)NC(=O)c2ccc(S(N)(=O)=O)cc2)n1. The summed E-state index contributed by atoms with van der Waals surface area (Å²) in [5.74, 6) is -0.295. The average molecular weight is 325 g/mol. The van der Waals surface area contributed by atoms with Gasteiger partial charge in [-0.1, -0.05) is 0 Å². The molecule has 3 N–H and O–H groups in total. The van der Waals surface area contributed by atoms with Crippen molar-refractivity contribution in [1.82, 2.24) is 10.3 Å². The van der Waals surface area contributed by atoms with E-state index in [2.05, 4.69) is 10.3 Å². The highest BCUT2D eigenvalue weighted by molar-refractivity contribution is 7.89. The van der Waals surface area contributed by atoms with Gasteiger partial charge in [0.25, 0.3) is 5.91 Å². The Morgan fingerprint density at radius 1 is 1.33 bits per heavy atom. The topological polar surface area (TPSA) is 102 Å². The zero-order valence-electron chi connectivity index (χ0n) is 11.5. The van der Waals surface area contributed by atoms with Crippen molar-refractivity contribution in [2.24, 2.45) is 5.14 Å². The molecule has 1 aromatic heterocycles. The number of rotatable bonds is 4. The number of nitrogens with one attached hydrogen (secondary N) is 1. The van der Waals surface area contributed by atoms with Crippen LogP contribution in [-0.2, 0) is 10.0 Å². The maximum absolute atomic E-state index is 12.1. The first-order valence-electron chi connectivity index (χ1n) is 6.13. The fourth-order valence-electron chi connectivity index (χ4n) is 1.71. The van der Waals surface area contributed by atoms with E-state index in [1.165, 1.54) is 35.6 Å². The van der Waals surface area contributed by atoms with E-state index in [1.54, 1.807) is 0 Å². The number of benzene rings is 1. The van der Waals surface area contributed by atoms with Crippen LogP contribution in [0.3, 0.4) is 0 Å². The molecule has 0 unspecified atom stereocenters. The summed E-state index contributed by atoms with van der Waals surface area (Å²) in [7, 11) is -3.75. The smallest absolute Gasteiger partial charge is 0.251 e. The molecule has 6 nitrogen and oxygen atoms in total. The molecule has 0 aliphatic carbocycles. The molecule has 0 fully saturated rings. The van der Waals surface area contributed by atoms with Crippen LogP contribution < -0.4 is 10.5 Å². The Balaban J connectivity index is 2.10. The second kappa shape index (κ2) is 5.92. The number of primary sulfonamides is 1. The first-order chi connectivity index (χ1) is 9.77. The van der Waals surface area contributed by atoms with E-state index in [0.717, 1.165) is 10.7 Å². The Labute approximate surface area is 127 Å². The Bertz CT molecular complexity index is 751. The minimum atomic E-state index is -3.75. The number of carbonyl (C=O) groups is 1. The lowest BCUT2D eigenvalue weighted by molar-refractivity contribution is 0.0939. The van der Waals surface area contributed by atoms with Crippen LogP contribution in [0.15, 0.2) is 34.5 Å². The van der Waals surface area contributed by atoms with Crippen molar-refractivity contribution in [3.05, 3.63) is 45.9 Å². The molecule has 1 aromatic carbocycles. The summed E-state index contributed by atoms with van der Waals surface area (Å²) in [6.07, 6.45) is 0. The van der Waals surface area contributed by atoms with E-state index >= 15 is 0 Å². The Hall–Kier alpha value is -1.77. The third-order valence-electron chi connectivity index (χ3n) is 2.80. The number of carbonyl (C=O) groups excluding carboxylic acids is 1. The number of sulfonamides is 1. The van der Waals surface area contributed by atoms with Crippen molar-refractivity contribution in [2.45, 2.75) is 24.8 Å². The number of aromatic nitrogens is 1. The highest BCUT2D eigenvalue weighted by Crippen LogP contribution is 2.18. The van der Waals surface area contributed by atoms with E-state index in [1.807, 2.05) is 19.2 Å². The predicted molar refractivity (Wildman–Crippen MR) is 80.5 cm³/mol. The summed E-state index contributed by atoms with van der Waals surface area (Å²) in [5, 5.41) is 10.6. The molecule has 0 spiro atoms. The first kappa shape index (κ1) is 15.6. The summed E-state index contributed by atoms with van der Waals surface area (Å²) in [6, 6.07) is 5.25. The molecule has 0 aliphatic heterocycles. The highest BCUT2D eigenvalue weighted by Gasteiger charge is 2.15. The first-order valence-corrected chi connectivity index (χ1v) is 8.56. The highest BCUT2D eigenvalue weighted by atomic mass is 32.2. The van der Waals surface area contributed by atoms with E-state index in [-0.39, 0.29) is 16.8 Å². The van der Waals surface area contributed by atoms with Gasteiger partial charge < -0.3 is 5.32 Å². The van der Waals surface area contributed by atoms with Crippen LogP contribution in [0.1, 0.15) is 34.0 Å². The zero-order chi connectivity index (χ0) is 15.6. The van der Waals surface area contributed by atoms with Gasteiger partial charge in [0.2, 0.25) is 10.0 Å². The molecule has 21 heavy (non-hydrogen) atoms. The summed E-state index contributed by atoms with van der Waals surface area (Å²) < 4.78 is 22.3. The third kappa shape index (κ3) is 3.87. The maximum atomic E-state index is 12.1. The van der Waals surface area contributed by atoms with Crippen LogP contribution in [0.5, 0.6) is 0 Å². The molecule has 1 heterocycles. The second-order valence-corrected chi connectivity index (χ2v) is 7.04. The minimum absolute atomic E-state index is 0.0253. The van der Waals surface area contributed by atoms with Crippen LogP contribution in [0.4, 0.5) is 0 Å². The number of aryl methyl sites for hydroxylation is 1. The van der Waals surface area contributed by atoms with Gasteiger partial charge in [0.05, 0.1) is 10.9 Å². The van der Waals surface area contributed by atoms with Gasteiger partial charge in [0.1, 0.15) is 5.01 Å². The van der Waals surface area contributed by atoms with Crippen molar-refractivity contribution in [3.63, 3.8) is 0 Å². The number of amides is 1. The van der Waals surface area contributed by atoms with E-state index in [9.17, 15) is 13.2 Å². The molecule has 0 radical (unpaired) electrons. The summed E-state index contributed by atoms with van der Waals surface area (Å²) in [4.78, 5) is 16.4. The van der Waals surface area contributed by atoms with E-state index in [4.69, 9.17) is 5.14 Å². The lowest BCUT2D eigenvalue weighted by atomic mass is 10.2. The second-order valence-electron chi connectivity index (χ2n) is 4.59. The van der Waals surface area contributed by atoms with E-state index < -0.39 is 10.0 Å². The molecule has 0 saturated heterocycles. The Morgan fingerprint density at radius 2 is 1.95 bits per heavy atom. The zero-order valence-corrected chi connectivity index (χ0v) is 13.2. The maximum Gasteiger partial charge on any atom is 0.251 e. The van der Waals surface area contributed by atoms with Crippen molar-refractivity contribution >= 4 is 27.3 Å². The molecule has 0 aliphatic rings. The van der Waals surface area contributed by atoms with Crippen LogP contribution in [0.2, 0.25) is 0 Å². The molecule has 112 valence electrons. The van der Waals surface area contributed by atoms with E-state index in [0.29, 0.717) is 5.56 Å². The molecule has 8 heteroatoms. The molecular weight excluding hydrogens is 310 g/mol. The third-order valence-corrected chi connectivity index (χ3v) is 4.87. The monoisotopic (exact) mass is 325 g/mol. The molecule has 0 saturated carbocycles. The fraction of sp³-hybridized carbons (Fsp3) is 0.231. The molecule has 1 amide bonds. The Morgan fingerprint density at radius 3 is 2.43 bits per heavy atom. The van der Waals surface area contributed by atoms with Crippen molar-refractivity contribution in [1.29, 1.82) is 0 Å². The summed E-state index contributed by atoms with van der Waals surface area (Å²) >= 11 is 1.48. The Kier molecular flexibility index (Phi) is 4.40. The minimum Gasteiger partial charge on any atom is -0.343 e. The number of nitrogens with two attached hydrogens (primary N) is 1. The van der Waals surface area contributed by atoms with Crippen molar-refractivity contribution in [2.75, 3.05) is 0 Å². The van der Waals surface area contributed by atoms with Crippen LogP contribution >= 0.6 is 11.3 Å². The fourth-order valence-corrected chi connectivity index (χ4v) is 3.03. The molecule has 2 rings (SSSR count). The molecule has 1 atom stereocenters. The van der Waals surface area contributed by atoms with Gasteiger partial charge in [-0.25, -0.2) is 18.5 Å². The average Bonchev–Trinajstić information content (AvgIpc) is 2.84. The number of hydrogen-bond acceptors (Lipinski definition) is 5. The lowest BCUT2D eigenvalue weighted by Crippen LogP contribution is -2.26. The quantitative estimate of drug-likeness (QED) is 0.891. The van der Waals surface area contributed by atoms with Crippen molar-refractivity contribution in [3.8, 4) is 0 Å². The van der Waals surface area contributed by atoms with Gasteiger partial charge in [0, 0.05) is 16.6 Å². The van der Waals surface area contributed by atoms with Gasteiger partial charge in [-0.2, -0.15) is 0 Å². The normalized spacial score (nSPS) is 12.9. The predicted octanol–water partition coefficient (Wildman–Crippen LogP) is 1.59. The van der Waals surface area contributed by atoms with Gasteiger partial charge in [-0.05, 0) is 38.1 Å². The standard InChI is InChI=1S/C13H15N3O3S2/c1-8-7-20-13(15-8)9(2)16-12(17)10-3-5-11(6-4-10)21(14,18)19/h3-7,9H,1-2H3,(H,16,17)(H2,14,18,19)/t9-/m0/s1.